The predicted octanol–water partition coefficient (Wildman–Crippen LogP) is 3.06. The number of hydrogen-bond acceptors (Lipinski definition) is 2. The molecule has 0 bridgehead atoms. The molecular formula is C13H17Cl2NO. The van der Waals surface area contributed by atoms with Crippen LogP contribution in [0.3, 0.4) is 0 Å². The van der Waals surface area contributed by atoms with Crippen molar-refractivity contribution in [3.63, 3.8) is 0 Å². The first-order valence-electron chi connectivity index (χ1n) is 5.41. The average Bonchev–Trinajstić information content (AvgIpc) is 2.31. The zero-order valence-corrected chi connectivity index (χ0v) is 11.4. The van der Waals surface area contributed by atoms with Gasteiger partial charge in [0.1, 0.15) is 0 Å². The van der Waals surface area contributed by atoms with E-state index in [0.717, 1.165) is 5.56 Å². The maximum absolute atomic E-state index is 9.44. The number of halogens is 2. The Morgan fingerprint density at radius 3 is 2.65 bits per heavy atom. The predicted molar refractivity (Wildman–Crippen MR) is 73.9 cm³/mol. The lowest BCUT2D eigenvalue weighted by Gasteiger charge is -2.28. The Kier molecular flexibility index (Phi) is 5.47. The first-order chi connectivity index (χ1) is 8.00. The van der Waals surface area contributed by atoms with Gasteiger partial charge >= 0.3 is 0 Å². The molecule has 0 heterocycles. The van der Waals surface area contributed by atoms with Crippen molar-refractivity contribution in [3.8, 4) is 0 Å². The van der Waals surface area contributed by atoms with Crippen molar-refractivity contribution in [2.75, 3.05) is 13.2 Å². The Balaban J connectivity index is 2.79. The van der Waals surface area contributed by atoms with E-state index in [2.05, 4.69) is 11.9 Å². The van der Waals surface area contributed by atoms with Crippen LogP contribution in [0.25, 0.3) is 0 Å². The molecule has 0 radical (unpaired) electrons. The van der Waals surface area contributed by atoms with Crippen LogP contribution < -0.4 is 5.32 Å². The number of nitrogens with one attached hydrogen (secondary N) is 1. The highest BCUT2D eigenvalue weighted by Crippen LogP contribution is 2.24. The lowest BCUT2D eigenvalue weighted by Crippen LogP contribution is -2.47. The Morgan fingerprint density at radius 2 is 2.12 bits per heavy atom. The normalized spacial score (nSPS) is 14.4. The summed E-state index contributed by atoms with van der Waals surface area (Å²) in [5.74, 6) is 0. The second-order valence-electron chi connectivity index (χ2n) is 4.31. The highest BCUT2D eigenvalue weighted by Gasteiger charge is 2.22. The molecule has 2 nitrogen and oxygen atoms in total. The SMILES string of the molecule is C=CCN[C@@](C)(CO)Cc1ccc(Cl)c(Cl)c1. The van der Waals surface area contributed by atoms with E-state index in [0.29, 0.717) is 23.0 Å². The standard InChI is InChI=1S/C13H17Cl2NO/c1-3-6-16-13(2,9-17)8-10-4-5-11(14)12(15)7-10/h3-5,7,16-17H,1,6,8-9H2,2H3/t13-/m1/s1. The smallest absolute Gasteiger partial charge is 0.0613 e. The van der Waals surface area contributed by atoms with E-state index in [1.807, 2.05) is 19.1 Å². The van der Waals surface area contributed by atoms with Gasteiger partial charge in [0.15, 0.2) is 0 Å². The third kappa shape index (κ3) is 4.32. The summed E-state index contributed by atoms with van der Waals surface area (Å²) in [7, 11) is 0. The third-order valence-corrected chi connectivity index (χ3v) is 3.34. The van der Waals surface area contributed by atoms with Crippen LogP contribution in [-0.2, 0) is 6.42 Å². The molecule has 0 fully saturated rings. The van der Waals surface area contributed by atoms with E-state index in [1.165, 1.54) is 0 Å². The van der Waals surface area contributed by atoms with Gasteiger partial charge in [0.2, 0.25) is 0 Å². The molecule has 0 unspecified atom stereocenters. The zero-order chi connectivity index (χ0) is 12.9. The molecule has 17 heavy (non-hydrogen) atoms. The van der Waals surface area contributed by atoms with Crippen LogP contribution in [-0.4, -0.2) is 23.8 Å². The topological polar surface area (TPSA) is 32.3 Å². The van der Waals surface area contributed by atoms with E-state index >= 15 is 0 Å². The minimum absolute atomic E-state index is 0.0427. The van der Waals surface area contributed by atoms with Crippen molar-refractivity contribution >= 4 is 23.2 Å². The molecule has 1 aromatic rings. The molecule has 94 valence electrons. The summed E-state index contributed by atoms with van der Waals surface area (Å²) >= 11 is 11.8. The Labute approximate surface area is 112 Å². The van der Waals surface area contributed by atoms with Crippen molar-refractivity contribution < 1.29 is 5.11 Å². The molecule has 0 aliphatic rings. The molecule has 0 amide bonds. The fraction of sp³-hybridized carbons (Fsp3) is 0.385. The van der Waals surface area contributed by atoms with E-state index in [1.54, 1.807) is 12.1 Å². The fourth-order valence-electron chi connectivity index (χ4n) is 1.59. The number of benzene rings is 1. The van der Waals surface area contributed by atoms with Crippen LogP contribution in [0, 0.1) is 0 Å². The van der Waals surface area contributed by atoms with Gasteiger partial charge in [-0.25, -0.2) is 0 Å². The summed E-state index contributed by atoms with van der Waals surface area (Å²) in [5.41, 5.74) is 0.651. The second kappa shape index (κ2) is 6.41. The molecule has 0 saturated carbocycles. The largest absolute Gasteiger partial charge is 0.394 e. The van der Waals surface area contributed by atoms with Crippen molar-refractivity contribution in [2.45, 2.75) is 18.9 Å². The van der Waals surface area contributed by atoms with Crippen LogP contribution in [0.4, 0.5) is 0 Å². The van der Waals surface area contributed by atoms with Crippen LogP contribution in [0.1, 0.15) is 12.5 Å². The van der Waals surface area contributed by atoms with Gasteiger partial charge in [0.25, 0.3) is 0 Å². The van der Waals surface area contributed by atoms with E-state index in [-0.39, 0.29) is 12.1 Å². The summed E-state index contributed by atoms with van der Waals surface area (Å²) in [5, 5.41) is 13.8. The number of aliphatic hydroxyl groups is 1. The van der Waals surface area contributed by atoms with Gasteiger partial charge in [-0.05, 0) is 31.0 Å². The first-order valence-corrected chi connectivity index (χ1v) is 6.17. The van der Waals surface area contributed by atoms with E-state index in [9.17, 15) is 5.11 Å². The molecule has 1 atom stereocenters. The van der Waals surface area contributed by atoms with Gasteiger partial charge in [0.05, 0.1) is 16.7 Å². The third-order valence-electron chi connectivity index (χ3n) is 2.60. The Morgan fingerprint density at radius 1 is 1.41 bits per heavy atom. The van der Waals surface area contributed by atoms with Gasteiger partial charge in [-0.15, -0.1) is 6.58 Å². The molecule has 0 aliphatic heterocycles. The Hall–Kier alpha value is -0.540. The van der Waals surface area contributed by atoms with Gasteiger partial charge in [0, 0.05) is 12.1 Å². The summed E-state index contributed by atoms with van der Waals surface area (Å²) in [6.07, 6.45) is 2.44. The molecule has 0 spiro atoms. The van der Waals surface area contributed by atoms with Crippen LogP contribution in [0.5, 0.6) is 0 Å². The van der Waals surface area contributed by atoms with E-state index < -0.39 is 0 Å². The van der Waals surface area contributed by atoms with Crippen LogP contribution in [0.15, 0.2) is 30.9 Å². The average molecular weight is 274 g/mol. The van der Waals surface area contributed by atoms with Gasteiger partial charge < -0.3 is 10.4 Å². The van der Waals surface area contributed by atoms with E-state index in [4.69, 9.17) is 23.2 Å². The van der Waals surface area contributed by atoms with Crippen molar-refractivity contribution in [1.29, 1.82) is 0 Å². The number of aliphatic hydroxyl groups excluding tert-OH is 1. The molecule has 4 heteroatoms. The molecular weight excluding hydrogens is 257 g/mol. The quantitative estimate of drug-likeness (QED) is 0.781. The van der Waals surface area contributed by atoms with Gasteiger partial charge in [-0.1, -0.05) is 35.3 Å². The summed E-state index contributed by atoms with van der Waals surface area (Å²) in [6, 6.07) is 5.51. The lowest BCUT2D eigenvalue weighted by molar-refractivity contribution is 0.178. The Bertz CT molecular complexity index is 395. The minimum Gasteiger partial charge on any atom is -0.394 e. The highest BCUT2D eigenvalue weighted by atomic mass is 35.5. The van der Waals surface area contributed by atoms with Crippen LogP contribution in [0.2, 0.25) is 10.0 Å². The summed E-state index contributed by atoms with van der Waals surface area (Å²) < 4.78 is 0. The second-order valence-corrected chi connectivity index (χ2v) is 5.13. The monoisotopic (exact) mass is 273 g/mol. The zero-order valence-electron chi connectivity index (χ0n) is 9.84. The van der Waals surface area contributed by atoms with Crippen molar-refractivity contribution in [1.82, 2.24) is 5.32 Å². The molecule has 0 aromatic heterocycles. The molecule has 0 aliphatic carbocycles. The number of hydrogen-bond donors (Lipinski definition) is 2. The summed E-state index contributed by atoms with van der Waals surface area (Å²) in [4.78, 5) is 0. The maximum atomic E-state index is 9.44. The summed E-state index contributed by atoms with van der Waals surface area (Å²) in [6.45, 7) is 6.30. The van der Waals surface area contributed by atoms with Crippen molar-refractivity contribution in [2.24, 2.45) is 0 Å². The van der Waals surface area contributed by atoms with Crippen molar-refractivity contribution in [3.05, 3.63) is 46.5 Å². The minimum atomic E-state index is -0.384. The lowest BCUT2D eigenvalue weighted by atomic mass is 9.93. The molecule has 1 rings (SSSR count). The maximum Gasteiger partial charge on any atom is 0.0613 e. The fourth-order valence-corrected chi connectivity index (χ4v) is 1.91. The van der Waals surface area contributed by atoms with Gasteiger partial charge in [-0.3, -0.25) is 0 Å². The highest BCUT2D eigenvalue weighted by molar-refractivity contribution is 6.42. The first kappa shape index (κ1) is 14.5. The molecule has 0 saturated heterocycles. The molecule has 1 aromatic carbocycles. The molecule has 2 N–H and O–H groups in total. The number of rotatable bonds is 6. The van der Waals surface area contributed by atoms with Crippen LogP contribution >= 0.6 is 23.2 Å². The van der Waals surface area contributed by atoms with Gasteiger partial charge in [-0.2, -0.15) is 0 Å².